The summed E-state index contributed by atoms with van der Waals surface area (Å²) in [6.07, 6.45) is 7.53. The maximum absolute atomic E-state index is 11.7. The summed E-state index contributed by atoms with van der Waals surface area (Å²) < 4.78 is 0. The van der Waals surface area contributed by atoms with Crippen molar-refractivity contribution in [1.29, 1.82) is 0 Å². The van der Waals surface area contributed by atoms with Crippen molar-refractivity contribution < 1.29 is 4.79 Å². The zero-order chi connectivity index (χ0) is 15.7. The molecule has 0 spiro atoms. The first kappa shape index (κ1) is 17.8. The summed E-state index contributed by atoms with van der Waals surface area (Å²) in [7, 11) is 1.63. The maximum Gasteiger partial charge on any atom is 0.251 e. The molecule has 0 aromatic heterocycles. The van der Waals surface area contributed by atoms with Gasteiger partial charge in [-0.25, -0.2) is 0 Å². The lowest BCUT2D eigenvalue weighted by Crippen LogP contribution is -2.19. The van der Waals surface area contributed by atoms with Crippen LogP contribution in [0.5, 0.6) is 0 Å². The number of carbonyl (C=O) groups excluding carboxylic acids is 1. The lowest BCUT2D eigenvalue weighted by molar-refractivity contribution is 0.0963. The second-order valence-electron chi connectivity index (χ2n) is 5.52. The Kier molecular flexibility index (Phi) is 8.21. The molecular weight excluding hydrogens is 284 g/mol. The second kappa shape index (κ2) is 9.67. The summed E-state index contributed by atoms with van der Waals surface area (Å²) in [4.78, 5) is 11.7. The molecular formula is C17H27ClN2O. The zero-order valence-electron chi connectivity index (χ0n) is 13.3. The van der Waals surface area contributed by atoms with Crippen molar-refractivity contribution >= 4 is 23.2 Å². The number of nitrogens with one attached hydrogen (secondary N) is 2. The molecule has 2 N–H and O–H groups in total. The van der Waals surface area contributed by atoms with Crippen LogP contribution in [0.2, 0.25) is 5.02 Å². The first-order valence-corrected chi connectivity index (χ1v) is 8.24. The van der Waals surface area contributed by atoms with Crippen molar-refractivity contribution in [2.24, 2.45) is 0 Å². The van der Waals surface area contributed by atoms with Gasteiger partial charge in [-0.3, -0.25) is 4.79 Å². The summed E-state index contributed by atoms with van der Waals surface area (Å²) in [5.74, 6) is -0.0954. The van der Waals surface area contributed by atoms with Crippen LogP contribution >= 0.6 is 11.6 Å². The minimum atomic E-state index is -0.0954. The first-order valence-electron chi connectivity index (χ1n) is 7.86. The van der Waals surface area contributed by atoms with E-state index in [1.54, 1.807) is 19.2 Å². The van der Waals surface area contributed by atoms with Crippen molar-refractivity contribution in [2.75, 3.05) is 12.4 Å². The van der Waals surface area contributed by atoms with E-state index in [0.717, 1.165) is 12.1 Å². The molecule has 1 unspecified atom stereocenters. The monoisotopic (exact) mass is 310 g/mol. The van der Waals surface area contributed by atoms with E-state index in [1.165, 1.54) is 32.1 Å². The highest BCUT2D eigenvalue weighted by Crippen LogP contribution is 2.24. The van der Waals surface area contributed by atoms with Crippen molar-refractivity contribution in [1.82, 2.24) is 5.32 Å². The topological polar surface area (TPSA) is 41.1 Å². The molecule has 118 valence electrons. The van der Waals surface area contributed by atoms with Crippen LogP contribution in [0.15, 0.2) is 18.2 Å². The fraction of sp³-hybridized carbons (Fsp3) is 0.588. The highest BCUT2D eigenvalue weighted by Gasteiger charge is 2.09. The Labute approximate surface area is 133 Å². The third-order valence-electron chi connectivity index (χ3n) is 3.60. The molecule has 3 nitrogen and oxygen atoms in total. The van der Waals surface area contributed by atoms with Gasteiger partial charge in [0.05, 0.1) is 10.7 Å². The Hall–Kier alpha value is -1.22. The molecule has 1 rings (SSSR count). The SMILES string of the molecule is CCCCCCCC(C)Nc1cc(C(=O)NC)ccc1Cl. The van der Waals surface area contributed by atoms with Crippen molar-refractivity contribution in [3.05, 3.63) is 28.8 Å². The average molecular weight is 311 g/mol. The third-order valence-corrected chi connectivity index (χ3v) is 3.93. The predicted molar refractivity (Wildman–Crippen MR) is 91.3 cm³/mol. The molecule has 0 saturated heterocycles. The van der Waals surface area contributed by atoms with E-state index in [0.29, 0.717) is 16.6 Å². The quantitative estimate of drug-likeness (QED) is 0.639. The Morgan fingerprint density at radius 2 is 1.95 bits per heavy atom. The van der Waals surface area contributed by atoms with Gasteiger partial charge < -0.3 is 10.6 Å². The summed E-state index contributed by atoms with van der Waals surface area (Å²) in [6.45, 7) is 4.38. The summed E-state index contributed by atoms with van der Waals surface area (Å²) in [6, 6.07) is 5.67. The van der Waals surface area contributed by atoms with E-state index in [-0.39, 0.29) is 5.91 Å². The predicted octanol–water partition coefficient (Wildman–Crippen LogP) is 4.86. The van der Waals surface area contributed by atoms with E-state index in [4.69, 9.17) is 11.6 Å². The van der Waals surface area contributed by atoms with Gasteiger partial charge in [-0.05, 0) is 31.5 Å². The molecule has 0 radical (unpaired) electrons. The highest BCUT2D eigenvalue weighted by atomic mass is 35.5. The largest absolute Gasteiger partial charge is 0.381 e. The fourth-order valence-electron chi connectivity index (χ4n) is 2.31. The normalized spacial score (nSPS) is 12.0. The van der Waals surface area contributed by atoms with E-state index in [2.05, 4.69) is 24.5 Å². The molecule has 0 heterocycles. The summed E-state index contributed by atoms with van der Waals surface area (Å²) in [5.41, 5.74) is 1.46. The Morgan fingerprint density at radius 3 is 2.62 bits per heavy atom. The van der Waals surface area contributed by atoms with E-state index < -0.39 is 0 Å². The Bertz CT molecular complexity index is 448. The Balaban J connectivity index is 2.51. The smallest absolute Gasteiger partial charge is 0.251 e. The van der Waals surface area contributed by atoms with Gasteiger partial charge >= 0.3 is 0 Å². The molecule has 21 heavy (non-hydrogen) atoms. The molecule has 1 aromatic carbocycles. The van der Waals surface area contributed by atoms with Gasteiger partial charge in [0.1, 0.15) is 0 Å². The van der Waals surface area contributed by atoms with Crippen molar-refractivity contribution in [3.63, 3.8) is 0 Å². The van der Waals surface area contributed by atoms with Crippen LogP contribution in [0, 0.1) is 0 Å². The molecule has 0 saturated carbocycles. The standard InChI is InChI=1S/C17H27ClN2O/c1-4-5-6-7-8-9-13(2)20-16-12-14(17(21)19-3)10-11-15(16)18/h10-13,20H,4-9H2,1-3H3,(H,19,21). The van der Waals surface area contributed by atoms with Gasteiger partial charge in [0, 0.05) is 18.7 Å². The number of rotatable bonds is 9. The van der Waals surface area contributed by atoms with Gasteiger partial charge in [0.25, 0.3) is 5.91 Å². The number of anilines is 1. The fourth-order valence-corrected chi connectivity index (χ4v) is 2.49. The molecule has 4 heteroatoms. The van der Waals surface area contributed by atoms with Gasteiger partial charge in [0.15, 0.2) is 0 Å². The number of benzene rings is 1. The molecule has 0 aliphatic heterocycles. The van der Waals surface area contributed by atoms with Crippen LogP contribution in [-0.4, -0.2) is 19.0 Å². The van der Waals surface area contributed by atoms with E-state index in [1.807, 2.05) is 6.07 Å². The molecule has 0 aliphatic rings. The average Bonchev–Trinajstić information content (AvgIpc) is 2.48. The van der Waals surface area contributed by atoms with Crippen LogP contribution < -0.4 is 10.6 Å². The van der Waals surface area contributed by atoms with Gasteiger partial charge in [0.2, 0.25) is 0 Å². The summed E-state index contributed by atoms with van der Waals surface area (Å²) >= 11 is 6.20. The van der Waals surface area contributed by atoms with E-state index >= 15 is 0 Å². The minimum absolute atomic E-state index is 0.0954. The van der Waals surface area contributed by atoms with Crippen LogP contribution in [0.25, 0.3) is 0 Å². The molecule has 0 fully saturated rings. The number of amides is 1. The lowest BCUT2D eigenvalue weighted by Gasteiger charge is -2.17. The van der Waals surface area contributed by atoms with Crippen LogP contribution in [0.1, 0.15) is 62.7 Å². The van der Waals surface area contributed by atoms with E-state index in [9.17, 15) is 4.79 Å². The zero-order valence-corrected chi connectivity index (χ0v) is 14.1. The van der Waals surface area contributed by atoms with Crippen LogP contribution in [-0.2, 0) is 0 Å². The van der Waals surface area contributed by atoms with Gasteiger partial charge in [-0.15, -0.1) is 0 Å². The Morgan fingerprint density at radius 1 is 1.24 bits per heavy atom. The highest BCUT2D eigenvalue weighted by molar-refractivity contribution is 6.33. The number of hydrogen-bond acceptors (Lipinski definition) is 2. The number of hydrogen-bond donors (Lipinski definition) is 2. The van der Waals surface area contributed by atoms with Crippen molar-refractivity contribution in [2.45, 2.75) is 58.4 Å². The molecule has 1 amide bonds. The van der Waals surface area contributed by atoms with Gasteiger partial charge in [-0.1, -0.05) is 50.6 Å². The lowest BCUT2D eigenvalue weighted by atomic mass is 10.1. The molecule has 1 aromatic rings. The molecule has 1 atom stereocenters. The van der Waals surface area contributed by atoms with Crippen LogP contribution in [0.4, 0.5) is 5.69 Å². The molecule has 0 bridgehead atoms. The number of carbonyl (C=O) groups is 1. The minimum Gasteiger partial charge on any atom is -0.381 e. The molecule has 0 aliphatic carbocycles. The van der Waals surface area contributed by atoms with Gasteiger partial charge in [-0.2, -0.15) is 0 Å². The van der Waals surface area contributed by atoms with Crippen LogP contribution in [0.3, 0.4) is 0 Å². The number of halogens is 1. The first-order chi connectivity index (χ1) is 10.1. The number of unbranched alkanes of at least 4 members (excludes halogenated alkanes) is 4. The second-order valence-corrected chi connectivity index (χ2v) is 5.93. The van der Waals surface area contributed by atoms with Crippen molar-refractivity contribution in [3.8, 4) is 0 Å². The summed E-state index contributed by atoms with van der Waals surface area (Å²) in [5, 5.41) is 6.69. The maximum atomic E-state index is 11.7. The third kappa shape index (κ3) is 6.38.